The molecule has 6 nitrogen and oxygen atoms in total. The van der Waals surface area contributed by atoms with Crippen molar-refractivity contribution in [2.24, 2.45) is 0 Å². The Labute approximate surface area is 186 Å². The lowest BCUT2D eigenvalue weighted by Crippen LogP contribution is -2.48. The van der Waals surface area contributed by atoms with Crippen molar-refractivity contribution in [2.75, 3.05) is 31.5 Å². The van der Waals surface area contributed by atoms with E-state index in [1.165, 1.54) is 11.8 Å². The number of benzene rings is 2. The van der Waals surface area contributed by atoms with Gasteiger partial charge in [-0.1, -0.05) is 29.8 Å². The number of nitrogens with one attached hydrogen (secondary N) is 1. The summed E-state index contributed by atoms with van der Waals surface area (Å²) in [6.07, 6.45) is 1.45. The molecule has 2 heterocycles. The summed E-state index contributed by atoms with van der Waals surface area (Å²) >= 11 is 5.96. The minimum absolute atomic E-state index is 0.0281. The van der Waals surface area contributed by atoms with E-state index in [0.717, 1.165) is 30.2 Å². The van der Waals surface area contributed by atoms with Crippen LogP contribution in [0.2, 0.25) is 5.02 Å². The van der Waals surface area contributed by atoms with Crippen molar-refractivity contribution in [3.63, 3.8) is 0 Å². The first kappa shape index (κ1) is 21.2. The number of anilines is 1. The molecule has 1 fully saturated rings. The summed E-state index contributed by atoms with van der Waals surface area (Å²) in [5, 5.41) is 3.56. The van der Waals surface area contributed by atoms with Crippen LogP contribution < -0.4 is 5.32 Å². The van der Waals surface area contributed by atoms with Crippen LogP contribution in [0.5, 0.6) is 0 Å². The van der Waals surface area contributed by atoms with E-state index in [1.807, 2.05) is 42.2 Å². The van der Waals surface area contributed by atoms with Crippen molar-refractivity contribution < 1.29 is 14.0 Å². The molecule has 0 saturated carbocycles. The van der Waals surface area contributed by atoms with Crippen molar-refractivity contribution in [3.05, 3.63) is 88.3 Å². The number of hydrogen-bond donors (Lipinski definition) is 1. The van der Waals surface area contributed by atoms with Crippen LogP contribution in [0.3, 0.4) is 0 Å². The van der Waals surface area contributed by atoms with Crippen LogP contribution in [0.1, 0.15) is 32.0 Å². The summed E-state index contributed by atoms with van der Waals surface area (Å²) in [5.41, 5.74) is 3.25. The van der Waals surface area contributed by atoms with Gasteiger partial charge in [0, 0.05) is 49.0 Å². The largest absolute Gasteiger partial charge is 0.459 e. The van der Waals surface area contributed by atoms with E-state index in [-0.39, 0.29) is 17.6 Å². The van der Waals surface area contributed by atoms with Gasteiger partial charge in [-0.25, -0.2) is 0 Å². The maximum atomic E-state index is 13.0. The minimum atomic E-state index is -0.339. The number of aryl methyl sites for hydroxylation is 1. The maximum absolute atomic E-state index is 13.0. The zero-order valence-electron chi connectivity index (χ0n) is 17.3. The van der Waals surface area contributed by atoms with Gasteiger partial charge in [-0.3, -0.25) is 14.5 Å². The SMILES string of the molecule is Cc1ccc(C(=O)N2CCN(Cc3ccc(Cl)cc3)CC2)cc1NC(=O)c1ccco1. The summed E-state index contributed by atoms with van der Waals surface area (Å²) < 4.78 is 5.14. The Hall–Kier alpha value is -3.09. The molecule has 0 spiro atoms. The van der Waals surface area contributed by atoms with Gasteiger partial charge >= 0.3 is 0 Å². The molecule has 31 heavy (non-hydrogen) atoms. The zero-order chi connectivity index (χ0) is 21.8. The second kappa shape index (κ2) is 9.37. The number of piperazine rings is 1. The van der Waals surface area contributed by atoms with Crippen LogP contribution in [-0.2, 0) is 6.54 Å². The number of furan rings is 1. The highest BCUT2D eigenvalue weighted by Crippen LogP contribution is 2.20. The normalized spacial score (nSPS) is 14.5. The Morgan fingerprint density at radius 1 is 1.03 bits per heavy atom. The van der Waals surface area contributed by atoms with Crippen LogP contribution in [0.4, 0.5) is 5.69 Å². The van der Waals surface area contributed by atoms with Crippen LogP contribution >= 0.6 is 11.6 Å². The molecule has 1 aromatic heterocycles. The van der Waals surface area contributed by atoms with Gasteiger partial charge in [0.2, 0.25) is 0 Å². The monoisotopic (exact) mass is 437 g/mol. The zero-order valence-corrected chi connectivity index (χ0v) is 18.1. The first-order valence-electron chi connectivity index (χ1n) is 10.2. The van der Waals surface area contributed by atoms with Crippen LogP contribution in [0.15, 0.2) is 65.3 Å². The molecule has 2 amide bonds. The number of nitrogens with zero attached hydrogens (tertiary/aromatic N) is 2. The topological polar surface area (TPSA) is 65.8 Å². The van der Waals surface area contributed by atoms with Crippen LogP contribution in [0.25, 0.3) is 0 Å². The van der Waals surface area contributed by atoms with Gasteiger partial charge in [0.15, 0.2) is 5.76 Å². The fourth-order valence-corrected chi connectivity index (χ4v) is 3.75. The molecule has 0 bridgehead atoms. The van der Waals surface area contributed by atoms with Crippen molar-refractivity contribution in [1.82, 2.24) is 9.80 Å². The summed E-state index contributed by atoms with van der Waals surface area (Å²) in [6.45, 7) is 5.67. The van der Waals surface area contributed by atoms with Crippen LogP contribution in [0, 0.1) is 6.92 Å². The van der Waals surface area contributed by atoms with E-state index in [4.69, 9.17) is 16.0 Å². The predicted octanol–water partition coefficient (Wildman–Crippen LogP) is 4.45. The third-order valence-corrected chi connectivity index (χ3v) is 5.71. The Bertz CT molecular complexity index is 1060. The number of halogens is 1. The van der Waals surface area contributed by atoms with Gasteiger partial charge in [0.05, 0.1) is 6.26 Å². The van der Waals surface area contributed by atoms with Crippen molar-refractivity contribution in [2.45, 2.75) is 13.5 Å². The fourth-order valence-electron chi connectivity index (χ4n) is 3.62. The Morgan fingerprint density at radius 3 is 2.45 bits per heavy atom. The molecule has 0 aliphatic carbocycles. The van der Waals surface area contributed by atoms with Gasteiger partial charge < -0.3 is 14.6 Å². The smallest absolute Gasteiger partial charge is 0.291 e. The second-order valence-electron chi connectivity index (χ2n) is 7.66. The van der Waals surface area contributed by atoms with E-state index in [2.05, 4.69) is 10.2 Å². The second-order valence-corrected chi connectivity index (χ2v) is 8.09. The van der Waals surface area contributed by atoms with E-state index in [9.17, 15) is 9.59 Å². The number of carbonyl (C=O) groups excluding carboxylic acids is 2. The molecule has 0 atom stereocenters. The molecule has 1 saturated heterocycles. The first-order chi connectivity index (χ1) is 15.0. The summed E-state index contributed by atoms with van der Waals surface area (Å²) in [4.78, 5) is 29.5. The Balaban J connectivity index is 1.37. The number of rotatable bonds is 5. The molecule has 1 N–H and O–H groups in total. The lowest BCUT2D eigenvalue weighted by molar-refractivity contribution is 0.0628. The van der Waals surface area contributed by atoms with Gasteiger partial charge in [-0.15, -0.1) is 0 Å². The van der Waals surface area contributed by atoms with Crippen LogP contribution in [-0.4, -0.2) is 47.8 Å². The molecule has 4 rings (SSSR count). The number of amides is 2. The maximum Gasteiger partial charge on any atom is 0.291 e. The molecule has 2 aromatic carbocycles. The first-order valence-corrected chi connectivity index (χ1v) is 10.6. The number of carbonyl (C=O) groups is 2. The molecule has 1 aliphatic rings. The molecule has 3 aromatic rings. The predicted molar refractivity (Wildman–Crippen MR) is 120 cm³/mol. The molecule has 160 valence electrons. The fraction of sp³-hybridized carbons (Fsp3) is 0.250. The van der Waals surface area contributed by atoms with Crippen molar-refractivity contribution in [3.8, 4) is 0 Å². The van der Waals surface area contributed by atoms with Gasteiger partial charge in [0.1, 0.15) is 0 Å². The average Bonchev–Trinajstić information content (AvgIpc) is 3.32. The standard InChI is InChI=1S/C24H24ClN3O3/c1-17-4-7-19(15-21(17)26-23(29)22-3-2-14-31-22)24(30)28-12-10-27(11-13-28)16-18-5-8-20(25)9-6-18/h2-9,14-15H,10-13,16H2,1H3,(H,26,29). The van der Waals surface area contributed by atoms with Gasteiger partial charge in [-0.2, -0.15) is 0 Å². The lowest BCUT2D eigenvalue weighted by atomic mass is 10.1. The highest BCUT2D eigenvalue weighted by Gasteiger charge is 2.23. The third-order valence-electron chi connectivity index (χ3n) is 5.46. The van der Waals surface area contributed by atoms with Crippen molar-refractivity contribution in [1.29, 1.82) is 0 Å². The highest BCUT2D eigenvalue weighted by atomic mass is 35.5. The lowest BCUT2D eigenvalue weighted by Gasteiger charge is -2.35. The van der Waals surface area contributed by atoms with Gasteiger partial charge in [-0.05, 0) is 54.4 Å². The minimum Gasteiger partial charge on any atom is -0.459 e. The average molecular weight is 438 g/mol. The van der Waals surface area contributed by atoms with Gasteiger partial charge in [0.25, 0.3) is 11.8 Å². The Kier molecular flexibility index (Phi) is 6.39. The molecule has 0 radical (unpaired) electrons. The molecular weight excluding hydrogens is 414 g/mol. The van der Waals surface area contributed by atoms with E-state index < -0.39 is 0 Å². The van der Waals surface area contributed by atoms with E-state index in [1.54, 1.807) is 24.3 Å². The van der Waals surface area contributed by atoms with E-state index in [0.29, 0.717) is 24.3 Å². The summed E-state index contributed by atoms with van der Waals surface area (Å²) in [5.74, 6) is -0.138. The van der Waals surface area contributed by atoms with Crippen molar-refractivity contribution >= 4 is 29.1 Å². The van der Waals surface area contributed by atoms with E-state index >= 15 is 0 Å². The molecular formula is C24H24ClN3O3. The number of hydrogen-bond acceptors (Lipinski definition) is 4. The Morgan fingerprint density at radius 2 is 1.77 bits per heavy atom. The summed E-state index contributed by atoms with van der Waals surface area (Å²) in [6, 6.07) is 16.5. The summed E-state index contributed by atoms with van der Waals surface area (Å²) in [7, 11) is 0. The molecule has 7 heteroatoms. The quantitative estimate of drug-likeness (QED) is 0.640. The highest BCUT2D eigenvalue weighted by molar-refractivity contribution is 6.30. The third kappa shape index (κ3) is 5.16. The molecule has 0 unspecified atom stereocenters. The molecule has 1 aliphatic heterocycles.